The Morgan fingerprint density at radius 1 is 0.857 bits per heavy atom. The molecule has 2 unspecified atom stereocenters. The number of esters is 2. The number of nitrogens with one attached hydrogen (secondary N) is 1. The summed E-state index contributed by atoms with van der Waals surface area (Å²) >= 11 is 0.794. The highest BCUT2D eigenvalue weighted by Crippen LogP contribution is 2.51. The van der Waals surface area contributed by atoms with E-state index in [2.05, 4.69) is 4.18 Å². The van der Waals surface area contributed by atoms with Crippen molar-refractivity contribution in [1.82, 2.24) is 4.13 Å². The molecule has 0 aromatic heterocycles. The molecule has 0 fully saturated rings. The van der Waals surface area contributed by atoms with Gasteiger partial charge < -0.3 is 13.7 Å². The second-order valence-electron chi connectivity index (χ2n) is 8.38. The molecule has 1 aromatic rings. The topological polar surface area (TPSA) is 176 Å². The van der Waals surface area contributed by atoms with E-state index in [0.29, 0.717) is 18.6 Å². The van der Waals surface area contributed by atoms with Gasteiger partial charge in [-0.3, -0.25) is 9.59 Å². The molecule has 0 spiro atoms. The van der Waals surface area contributed by atoms with Crippen LogP contribution in [0.2, 0.25) is 0 Å². The fourth-order valence-electron chi connectivity index (χ4n) is 2.46. The molecule has 42 heavy (non-hydrogen) atoms. The first-order chi connectivity index (χ1) is 18.8. The lowest BCUT2D eigenvalue weighted by molar-refractivity contribution is -0.245. The van der Waals surface area contributed by atoms with Crippen LogP contribution in [0.1, 0.15) is 27.2 Å². The van der Waals surface area contributed by atoms with E-state index in [1.54, 1.807) is 13.8 Å². The molecule has 0 aliphatic rings. The molecule has 0 bridgehead atoms. The van der Waals surface area contributed by atoms with Crippen molar-refractivity contribution in [3.8, 4) is 5.75 Å². The molecule has 0 saturated carbocycles. The third-order valence-corrected chi connectivity index (χ3v) is 10.3. The standard InChI is InChI=1S/C20H25F6NO11S4/c1-5-12(2)16(28)36-10-11-37-17(29)13(3)39-15-8-6-14(7-9-15)38-42(34,35)20(25,26)18(21,22)19(23,24)41(32,33)27-40(4,30)31/h6-9,12-13,27H,5,10-11H2,1-4H3. The van der Waals surface area contributed by atoms with E-state index in [1.807, 2.05) is 0 Å². The van der Waals surface area contributed by atoms with E-state index < -0.39 is 69.5 Å². The molecule has 22 heteroatoms. The summed E-state index contributed by atoms with van der Waals surface area (Å²) in [5, 5.41) is -14.8. The van der Waals surface area contributed by atoms with Crippen molar-refractivity contribution < 1.29 is 74.8 Å². The molecule has 0 aliphatic heterocycles. The summed E-state index contributed by atoms with van der Waals surface area (Å²) in [5.74, 6) is -9.95. The molecule has 2 atom stereocenters. The molecule has 0 saturated heterocycles. The normalized spacial score (nSPS) is 15.0. The van der Waals surface area contributed by atoms with Crippen molar-refractivity contribution in [2.45, 2.75) is 53.8 Å². The van der Waals surface area contributed by atoms with Crippen LogP contribution in [-0.2, 0) is 49.2 Å². The maximum atomic E-state index is 14.2. The molecule has 0 aliphatic carbocycles. The first kappa shape index (κ1) is 37.7. The van der Waals surface area contributed by atoms with E-state index in [1.165, 1.54) is 6.92 Å². The quantitative estimate of drug-likeness (QED) is 0.0880. The number of rotatable bonds is 16. The van der Waals surface area contributed by atoms with E-state index in [0.717, 1.165) is 23.9 Å². The summed E-state index contributed by atoms with van der Waals surface area (Å²) in [4.78, 5) is 23.8. The number of carbonyl (C=O) groups is 2. The maximum Gasteiger partial charge on any atom is 0.450 e. The molecule has 1 N–H and O–H groups in total. The van der Waals surface area contributed by atoms with Crippen LogP contribution >= 0.6 is 11.8 Å². The molecule has 0 radical (unpaired) electrons. The van der Waals surface area contributed by atoms with Gasteiger partial charge in [0.05, 0.1) is 12.2 Å². The molecule has 0 amide bonds. The number of carbonyl (C=O) groups excluding carboxylic acids is 2. The van der Waals surface area contributed by atoms with Gasteiger partial charge in [-0.05, 0) is 37.6 Å². The van der Waals surface area contributed by atoms with Gasteiger partial charge in [0.2, 0.25) is 10.0 Å². The average Bonchev–Trinajstić information content (AvgIpc) is 2.84. The highest BCUT2D eigenvalue weighted by atomic mass is 32.3. The SMILES string of the molecule is CCC(C)C(=O)OCCOC(=O)C(C)Sc1ccc(OS(=O)(=O)C(F)(F)C(F)(F)C(F)(F)S(=O)(=O)NS(C)(=O)=O)cc1. The van der Waals surface area contributed by atoms with E-state index in [-0.39, 0.29) is 34.4 Å². The molecule has 1 rings (SSSR count). The third kappa shape index (κ3) is 8.86. The number of benzene rings is 1. The van der Waals surface area contributed by atoms with Crippen LogP contribution in [0.15, 0.2) is 29.2 Å². The minimum atomic E-state index is -7.24. The highest BCUT2D eigenvalue weighted by molar-refractivity contribution is 8.05. The molecular weight excluding hydrogens is 672 g/mol. The van der Waals surface area contributed by atoms with Gasteiger partial charge in [-0.25, -0.2) is 16.8 Å². The summed E-state index contributed by atoms with van der Waals surface area (Å²) in [6.45, 7) is 4.33. The Bertz CT molecular complexity index is 1450. The predicted molar refractivity (Wildman–Crippen MR) is 134 cm³/mol. The number of hydrogen-bond donors (Lipinski definition) is 1. The minimum Gasteiger partial charge on any atom is -0.462 e. The number of halogens is 6. The van der Waals surface area contributed by atoms with Gasteiger partial charge in [-0.2, -0.15) is 34.8 Å². The lowest BCUT2D eigenvalue weighted by Crippen LogP contribution is -2.63. The van der Waals surface area contributed by atoms with Crippen molar-refractivity contribution >= 4 is 53.9 Å². The van der Waals surface area contributed by atoms with Crippen LogP contribution in [0.5, 0.6) is 5.75 Å². The van der Waals surface area contributed by atoms with E-state index >= 15 is 0 Å². The third-order valence-electron chi connectivity index (χ3n) is 4.90. The van der Waals surface area contributed by atoms with Gasteiger partial charge in [0, 0.05) is 4.90 Å². The summed E-state index contributed by atoms with van der Waals surface area (Å²) in [6.07, 6.45) is 0.471. The Labute approximate surface area is 241 Å². The number of thioether (sulfide) groups is 1. The van der Waals surface area contributed by atoms with Crippen molar-refractivity contribution in [1.29, 1.82) is 0 Å². The Kier molecular flexibility index (Phi) is 12.2. The van der Waals surface area contributed by atoms with Crippen LogP contribution in [0.4, 0.5) is 26.3 Å². The summed E-state index contributed by atoms with van der Waals surface area (Å²) < 4.78 is 167. The zero-order valence-corrected chi connectivity index (χ0v) is 25.2. The summed E-state index contributed by atoms with van der Waals surface area (Å²) in [5.41, 5.74) is 0. The van der Waals surface area contributed by atoms with Gasteiger partial charge in [0.15, 0.2) is 0 Å². The van der Waals surface area contributed by atoms with Crippen LogP contribution in [0, 0.1) is 5.92 Å². The Morgan fingerprint density at radius 3 is 1.79 bits per heavy atom. The van der Waals surface area contributed by atoms with Gasteiger partial charge in [-0.15, -0.1) is 15.9 Å². The second-order valence-corrected chi connectivity index (χ2v) is 15.1. The summed E-state index contributed by atoms with van der Waals surface area (Å²) in [6, 6.07) is 3.19. The fourth-order valence-corrected chi connectivity index (χ4v) is 6.78. The first-order valence-corrected chi connectivity index (χ1v) is 16.9. The number of ether oxygens (including phenoxy) is 2. The smallest absolute Gasteiger partial charge is 0.450 e. The monoisotopic (exact) mass is 697 g/mol. The molecule has 0 heterocycles. The fraction of sp³-hybridized carbons (Fsp3) is 0.600. The zero-order chi connectivity index (χ0) is 32.9. The Hall–Kier alpha value is -2.30. The van der Waals surface area contributed by atoms with Crippen LogP contribution < -0.4 is 8.31 Å². The molecule has 12 nitrogen and oxygen atoms in total. The van der Waals surface area contributed by atoms with Crippen LogP contribution in [-0.4, -0.2) is 78.3 Å². The molecule has 1 aromatic carbocycles. The predicted octanol–water partition coefficient (Wildman–Crippen LogP) is 2.71. The van der Waals surface area contributed by atoms with Gasteiger partial charge in [0.1, 0.15) is 24.2 Å². The Morgan fingerprint density at radius 2 is 1.33 bits per heavy atom. The number of sulfonamides is 2. The van der Waals surface area contributed by atoms with Crippen LogP contribution in [0.3, 0.4) is 0 Å². The zero-order valence-electron chi connectivity index (χ0n) is 22.0. The summed E-state index contributed by atoms with van der Waals surface area (Å²) in [7, 11) is -19.4. The lowest BCUT2D eigenvalue weighted by Gasteiger charge is -2.30. The van der Waals surface area contributed by atoms with Gasteiger partial charge >= 0.3 is 38.5 Å². The van der Waals surface area contributed by atoms with Crippen molar-refractivity contribution in [3.63, 3.8) is 0 Å². The van der Waals surface area contributed by atoms with Crippen molar-refractivity contribution in [3.05, 3.63) is 24.3 Å². The lowest BCUT2D eigenvalue weighted by atomic mass is 10.1. The minimum absolute atomic E-state index is 0.0599. The van der Waals surface area contributed by atoms with Crippen LogP contribution in [0.25, 0.3) is 0 Å². The number of hydrogen-bond acceptors (Lipinski definition) is 12. The maximum absolute atomic E-state index is 14.2. The molecule has 242 valence electrons. The molecular formula is C20H25F6NO11S4. The van der Waals surface area contributed by atoms with Gasteiger partial charge in [0.25, 0.3) is 10.0 Å². The van der Waals surface area contributed by atoms with Crippen molar-refractivity contribution in [2.75, 3.05) is 19.5 Å². The second kappa shape index (κ2) is 13.6. The number of alkyl halides is 6. The Balaban J connectivity index is 2.95. The van der Waals surface area contributed by atoms with Gasteiger partial charge in [-0.1, -0.05) is 13.8 Å². The van der Waals surface area contributed by atoms with Crippen molar-refractivity contribution in [2.24, 2.45) is 5.92 Å². The van der Waals surface area contributed by atoms with E-state index in [4.69, 9.17) is 9.47 Å². The van der Waals surface area contributed by atoms with E-state index in [9.17, 15) is 61.2 Å². The largest absolute Gasteiger partial charge is 0.462 e. The first-order valence-electron chi connectivity index (χ1n) is 11.2. The average molecular weight is 698 g/mol. The highest BCUT2D eigenvalue weighted by Gasteiger charge is 2.83.